The number of nitrogens with zero attached hydrogens (tertiary/aromatic N) is 2. The molecule has 8 nitrogen and oxygen atoms in total. The van der Waals surface area contributed by atoms with Crippen molar-refractivity contribution in [2.45, 2.75) is 0 Å². The van der Waals surface area contributed by atoms with Gasteiger partial charge in [-0.25, -0.2) is 0 Å². The molecule has 0 aliphatic rings. The Morgan fingerprint density at radius 2 is 1.41 bits per heavy atom. The highest BCUT2D eigenvalue weighted by Gasteiger charge is 2.17. The summed E-state index contributed by atoms with van der Waals surface area (Å²) in [5.74, 6) is 1.16. The first kappa shape index (κ1) is 20.9. The van der Waals surface area contributed by atoms with Gasteiger partial charge in [-0.05, 0) is 42.5 Å². The monoisotopic (exact) mass is 431 g/mol. The SMILES string of the molecule is COc1ccc(C(=O)Nc2cc3c(cc2Oc2ccccc2)n(C)c(=O)c(=O)n3C)cc1. The van der Waals surface area contributed by atoms with E-state index in [1.165, 1.54) is 23.2 Å². The third kappa shape index (κ3) is 3.85. The lowest BCUT2D eigenvalue weighted by Crippen LogP contribution is -2.39. The molecule has 3 aromatic carbocycles. The number of hydrogen-bond acceptors (Lipinski definition) is 5. The predicted octanol–water partition coefficient (Wildman–Crippen LogP) is 3.29. The second-order valence-corrected chi connectivity index (χ2v) is 7.16. The fourth-order valence-corrected chi connectivity index (χ4v) is 3.34. The van der Waals surface area contributed by atoms with E-state index in [9.17, 15) is 14.4 Å². The van der Waals surface area contributed by atoms with Crippen molar-refractivity contribution in [3.63, 3.8) is 0 Å². The number of anilines is 1. The van der Waals surface area contributed by atoms with Gasteiger partial charge in [0, 0.05) is 25.7 Å². The van der Waals surface area contributed by atoms with Gasteiger partial charge in [-0.1, -0.05) is 18.2 Å². The number of carbonyl (C=O) groups excluding carboxylic acids is 1. The quantitative estimate of drug-likeness (QED) is 0.490. The van der Waals surface area contributed by atoms with E-state index in [-0.39, 0.29) is 5.91 Å². The zero-order valence-electron chi connectivity index (χ0n) is 17.8. The van der Waals surface area contributed by atoms with E-state index in [0.717, 1.165) is 0 Å². The molecule has 1 heterocycles. The molecule has 32 heavy (non-hydrogen) atoms. The van der Waals surface area contributed by atoms with Crippen LogP contribution in [0.15, 0.2) is 76.3 Å². The molecule has 8 heteroatoms. The van der Waals surface area contributed by atoms with E-state index in [4.69, 9.17) is 9.47 Å². The fourth-order valence-electron chi connectivity index (χ4n) is 3.34. The van der Waals surface area contributed by atoms with Crippen LogP contribution in [0.1, 0.15) is 10.4 Å². The second-order valence-electron chi connectivity index (χ2n) is 7.16. The Morgan fingerprint density at radius 1 is 0.812 bits per heavy atom. The summed E-state index contributed by atoms with van der Waals surface area (Å²) in [6.45, 7) is 0. The van der Waals surface area contributed by atoms with Crippen LogP contribution in [0.5, 0.6) is 17.2 Å². The van der Waals surface area contributed by atoms with Crippen LogP contribution in [0.2, 0.25) is 0 Å². The molecule has 0 atom stereocenters. The molecule has 0 spiro atoms. The van der Waals surface area contributed by atoms with Crippen LogP contribution in [0.3, 0.4) is 0 Å². The van der Waals surface area contributed by atoms with E-state index in [1.807, 2.05) is 18.2 Å². The van der Waals surface area contributed by atoms with Gasteiger partial charge in [0.1, 0.15) is 11.5 Å². The fraction of sp³-hybridized carbons (Fsp3) is 0.125. The number of nitrogens with one attached hydrogen (secondary N) is 1. The summed E-state index contributed by atoms with van der Waals surface area (Å²) < 4.78 is 13.7. The summed E-state index contributed by atoms with van der Waals surface area (Å²) in [6, 6.07) is 19.0. The zero-order chi connectivity index (χ0) is 22.8. The second kappa shape index (κ2) is 8.43. The Kier molecular flexibility index (Phi) is 5.51. The number of amides is 1. The van der Waals surface area contributed by atoms with Crippen molar-refractivity contribution < 1.29 is 14.3 Å². The van der Waals surface area contributed by atoms with Crippen molar-refractivity contribution in [2.24, 2.45) is 14.1 Å². The van der Waals surface area contributed by atoms with Crippen LogP contribution >= 0.6 is 0 Å². The topological polar surface area (TPSA) is 91.6 Å². The van der Waals surface area contributed by atoms with Crippen LogP contribution in [0, 0.1) is 0 Å². The molecule has 1 amide bonds. The number of aryl methyl sites for hydroxylation is 2. The third-order valence-electron chi connectivity index (χ3n) is 5.16. The minimum atomic E-state index is -0.663. The van der Waals surface area contributed by atoms with Gasteiger partial charge >= 0.3 is 11.1 Å². The first-order chi connectivity index (χ1) is 15.4. The molecule has 0 aliphatic carbocycles. The van der Waals surface area contributed by atoms with Gasteiger partial charge in [-0.2, -0.15) is 0 Å². The van der Waals surface area contributed by atoms with Crippen LogP contribution in [-0.4, -0.2) is 22.2 Å². The summed E-state index contributed by atoms with van der Waals surface area (Å²) in [5, 5.41) is 2.85. The number of carbonyl (C=O) groups is 1. The number of fused-ring (bicyclic) bond motifs is 1. The van der Waals surface area contributed by atoms with Gasteiger partial charge in [0.25, 0.3) is 5.91 Å². The molecule has 0 aliphatic heterocycles. The van der Waals surface area contributed by atoms with Gasteiger partial charge in [-0.3, -0.25) is 14.4 Å². The zero-order valence-corrected chi connectivity index (χ0v) is 17.8. The summed E-state index contributed by atoms with van der Waals surface area (Å²) in [5.41, 5.74) is 0.430. The summed E-state index contributed by atoms with van der Waals surface area (Å²) >= 11 is 0. The maximum atomic E-state index is 12.9. The molecule has 4 rings (SSSR count). The molecular formula is C24H21N3O5. The number of hydrogen-bond donors (Lipinski definition) is 1. The number of aromatic nitrogens is 2. The smallest absolute Gasteiger partial charge is 0.316 e. The maximum absolute atomic E-state index is 12.9. The largest absolute Gasteiger partial charge is 0.497 e. The first-order valence-corrected chi connectivity index (χ1v) is 9.81. The molecule has 0 bridgehead atoms. The van der Waals surface area contributed by atoms with Gasteiger partial charge in [0.15, 0.2) is 5.75 Å². The van der Waals surface area contributed by atoms with Gasteiger partial charge < -0.3 is 23.9 Å². The van der Waals surface area contributed by atoms with E-state index in [0.29, 0.717) is 39.5 Å². The first-order valence-electron chi connectivity index (χ1n) is 9.81. The van der Waals surface area contributed by atoms with E-state index >= 15 is 0 Å². The summed E-state index contributed by atoms with van der Waals surface area (Å²) in [4.78, 5) is 37.5. The molecule has 0 saturated heterocycles. The van der Waals surface area contributed by atoms with Crippen LogP contribution in [-0.2, 0) is 14.1 Å². The molecule has 0 unspecified atom stereocenters. The van der Waals surface area contributed by atoms with Crippen molar-refractivity contribution in [3.05, 3.63) is 93.0 Å². The van der Waals surface area contributed by atoms with Crippen molar-refractivity contribution in [3.8, 4) is 17.2 Å². The minimum Gasteiger partial charge on any atom is -0.497 e. The Morgan fingerprint density at radius 3 is 2.00 bits per heavy atom. The van der Waals surface area contributed by atoms with Crippen LogP contribution in [0.25, 0.3) is 11.0 Å². The summed E-state index contributed by atoms with van der Waals surface area (Å²) in [7, 11) is 4.59. The maximum Gasteiger partial charge on any atom is 0.316 e. The molecule has 1 aromatic heterocycles. The van der Waals surface area contributed by atoms with Gasteiger partial charge in [0.2, 0.25) is 0 Å². The van der Waals surface area contributed by atoms with Crippen molar-refractivity contribution in [1.82, 2.24) is 9.13 Å². The Hall–Kier alpha value is -4.33. The van der Waals surface area contributed by atoms with Crippen molar-refractivity contribution in [2.75, 3.05) is 12.4 Å². The Balaban J connectivity index is 1.84. The molecular weight excluding hydrogens is 410 g/mol. The highest BCUT2D eigenvalue weighted by Crippen LogP contribution is 2.33. The Bertz CT molecular complexity index is 1420. The molecule has 4 aromatic rings. The van der Waals surface area contributed by atoms with Crippen LogP contribution < -0.4 is 25.9 Å². The molecule has 1 N–H and O–H groups in total. The molecule has 162 valence electrons. The molecule has 0 radical (unpaired) electrons. The van der Waals surface area contributed by atoms with E-state index in [1.54, 1.807) is 55.6 Å². The average Bonchev–Trinajstić information content (AvgIpc) is 2.82. The number of benzene rings is 3. The highest BCUT2D eigenvalue weighted by molar-refractivity contribution is 6.06. The van der Waals surface area contributed by atoms with Crippen LogP contribution in [0.4, 0.5) is 5.69 Å². The van der Waals surface area contributed by atoms with E-state index < -0.39 is 11.1 Å². The average molecular weight is 431 g/mol. The summed E-state index contributed by atoms with van der Waals surface area (Å²) in [6.07, 6.45) is 0. The lowest BCUT2D eigenvalue weighted by Gasteiger charge is -2.16. The molecule has 0 fully saturated rings. The number of rotatable bonds is 5. The van der Waals surface area contributed by atoms with E-state index in [2.05, 4.69) is 5.32 Å². The van der Waals surface area contributed by atoms with Crippen molar-refractivity contribution in [1.29, 1.82) is 0 Å². The van der Waals surface area contributed by atoms with Gasteiger partial charge in [0.05, 0.1) is 23.8 Å². The van der Waals surface area contributed by atoms with Crippen molar-refractivity contribution >= 4 is 22.6 Å². The number of ether oxygens (including phenoxy) is 2. The lowest BCUT2D eigenvalue weighted by molar-refractivity contribution is 0.102. The predicted molar refractivity (Wildman–Crippen MR) is 122 cm³/mol. The lowest BCUT2D eigenvalue weighted by atomic mass is 10.2. The number of para-hydroxylation sites is 1. The molecule has 0 saturated carbocycles. The minimum absolute atomic E-state index is 0.333. The standard InChI is InChI=1S/C24H21N3O5/c1-26-19-13-18(25-22(28)15-9-11-16(31-3)12-10-15)21(32-17-7-5-4-6-8-17)14-20(19)27(2)24(30)23(26)29/h4-14H,1-3H3,(H,25,28). The third-order valence-corrected chi connectivity index (χ3v) is 5.16. The normalized spacial score (nSPS) is 10.7. The van der Waals surface area contributed by atoms with Gasteiger partial charge in [-0.15, -0.1) is 0 Å². The Labute approximate surface area is 183 Å². The number of methoxy groups -OCH3 is 1. The highest BCUT2D eigenvalue weighted by atomic mass is 16.5.